The Balaban J connectivity index is 1.25. The summed E-state index contributed by atoms with van der Waals surface area (Å²) in [5.41, 5.74) is 1.24. The Kier molecular flexibility index (Phi) is 5.57. The molecular formula is C21H30N2O3. The van der Waals surface area contributed by atoms with E-state index in [1.165, 1.54) is 5.56 Å². The van der Waals surface area contributed by atoms with Gasteiger partial charge in [0.2, 0.25) is 5.91 Å². The van der Waals surface area contributed by atoms with Crippen molar-refractivity contribution in [2.24, 2.45) is 11.3 Å². The van der Waals surface area contributed by atoms with Crippen molar-refractivity contribution in [3.63, 3.8) is 0 Å². The van der Waals surface area contributed by atoms with Gasteiger partial charge in [0.25, 0.3) is 0 Å². The van der Waals surface area contributed by atoms with Crippen molar-refractivity contribution in [2.75, 3.05) is 52.5 Å². The Morgan fingerprint density at radius 2 is 2.04 bits per heavy atom. The Hall–Kier alpha value is -1.43. The van der Waals surface area contributed by atoms with Gasteiger partial charge in [0, 0.05) is 50.5 Å². The van der Waals surface area contributed by atoms with Gasteiger partial charge < -0.3 is 14.4 Å². The van der Waals surface area contributed by atoms with Crippen molar-refractivity contribution in [1.82, 2.24) is 9.80 Å². The first-order chi connectivity index (χ1) is 12.8. The van der Waals surface area contributed by atoms with E-state index >= 15 is 0 Å². The highest BCUT2D eigenvalue weighted by Gasteiger charge is 2.51. The predicted molar refractivity (Wildman–Crippen MR) is 99.7 cm³/mol. The van der Waals surface area contributed by atoms with Gasteiger partial charge in [0.05, 0.1) is 26.4 Å². The van der Waals surface area contributed by atoms with Crippen molar-refractivity contribution in [3.8, 4) is 0 Å². The van der Waals surface area contributed by atoms with Crippen LogP contribution in [-0.2, 0) is 20.9 Å². The fourth-order valence-electron chi connectivity index (χ4n) is 4.70. The van der Waals surface area contributed by atoms with Crippen molar-refractivity contribution in [2.45, 2.75) is 25.9 Å². The SMILES string of the molecule is O=C(C[C@@]12COC[C@@H]1CN(CCOCc1ccccc1)C2)N1CCCC1. The maximum absolute atomic E-state index is 12.7. The molecule has 1 amide bonds. The summed E-state index contributed by atoms with van der Waals surface area (Å²) in [5, 5.41) is 0. The van der Waals surface area contributed by atoms with Crippen LogP contribution in [0.3, 0.4) is 0 Å². The Morgan fingerprint density at radius 1 is 1.23 bits per heavy atom. The van der Waals surface area contributed by atoms with Gasteiger partial charge in [0.1, 0.15) is 0 Å². The van der Waals surface area contributed by atoms with E-state index in [1.807, 2.05) is 18.2 Å². The van der Waals surface area contributed by atoms with Gasteiger partial charge in [-0.05, 0) is 18.4 Å². The van der Waals surface area contributed by atoms with E-state index in [4.69, 9.17) is 9.47 Å². The van der Waals surface area contributed by atoms with E-state index < -0.39 is 0 Å². The largest absolute Gasteiger partial charge is 0.380 e. The standard InChI is InChI=1S/C21H30N2O3/c24-20(23-8-4-5-9-23)12-21-16-22(13-19(21)15-26-17-21)10-11-25-14-18-6-2-1-3-7-18/h1-3,6-7,19H,4-5,8-17H2/t19-,21+/m0/s1. The minimum atomic E-state index is 0.0269. The van der Waals surface area contributed by atoms with Crippen LogP contribution in [0.25, 0.3) is 0 Å². The van der Waals surface area contributed by atoms with Crippen LogP contribution in [0.1, 0.15) is 24.8 Å². The molecule has 3 fully saturated rings. The number of amides is 1. The van der Waals surface area contributed by atoms with Crippen LogP contribution >= 0.6 is 0 Å². The molecule has 26 heavy (non-hydrogen) atoms. The fraction of sp³-hybridized carbons (Fsp3) is 0.667. The normalized spacial score (nSPS) is 28.6. The maximum Gasteiger partial charge on any atom is 0.223 e. The van der Waals surface area contributed by atoms with E-state index in [2.05, 4.69) is 21.9 Å². The van der Waals surface area contributed by atoms with Crippen LogP contribution in [0.2, 0.25) is 0 Å². The van der Waals surface area contributed by atoms with Crippen LogP contribution in [0, 0.1) is 11.3 Å². The second kappa shape index (κ2) is 8.07. The van der Waals surface area contributed by atoms with Gasteiger partial charge in [-0.1, -0.05) is 30.3 Å². The second-order valence-electron chi connectivity index (χ2n) is 8.11. The molecule has 2 atom stereocenters. The zero-order valence-corrected chi connectivity index (χ0v) is 15.6. The molecule has 0 saturated carbocycles. The van der Waals surface area contributed by atoms with E-state index in [0.717, 1.165) is 65.4 Å². The lowest BCUT2D eigenvalue weighted by Gasteiger charge is -2.29. The number of fused-ring (bicyclic) bond motifs is 1. The molecule has 3 heterocycles. The number of likely N-dealkylation sites (tertiary alicyclic amines) is 2. The average molecular weight is 358 g/mol. The molecule has 5 heteroatoms. The van der Waals surface area contributed by atoms with Gasteiger partial charge in [0.15, 0.2) is 0 Å². The summed E-state index contributed by atoms with van der Waals surface area (Å²) in [6.45, 7) is 7.75. The molecule has 4 rings (SSSR count). The predicted octanol–water partition coefficient (Wildman–Crippen LogP) is 2.16. The lowest BCUT2D eigenvalue weighted by atomic mass is 9.78. The summed E-state index contributed by atoms with van der Waals surface area (Å²) >= 11 is 0. The number of hydrogen-bond donors (Lipinski definition) is 0. The highest BCUT2D eigenvalue weighted by molar-refractivity contribution is 5.77. The quantitative estimate of drug-likeness (QED) is 0.701. The molecular weight excluding hydrogens is 328 g/mol. The topological polar surface area (TPSA) is 42.0 Å². The fourth-order valence-corrected chi connectivity index (χ4v) is 4.70. The zero-order chi connectivity index (χ0) is 17.8. The highest BCUT2D eigenvalue weighted by Crippen LogP contribution is 2.44. The van der Waals surface area contributed by atoms with E-state index in [9.17, 15) is 4.79 Å². The molecule has 0 unspecified atom stereocenters. The van der Waals surface area contributed by atoms with Crippen LogP contribution in [-0.4, -0.2) is 68.3 Å². The third kappa shape index (κ3) is 3.95. The molecule has 0 aromatic heterocycles. The maximum atomic E-state index is 12.7. The van der Waals surface area contributed by atoms with Crippen LogP contribution in [0.5, 0.6) is 0 Å². The lowest BCUT2D eigenvalue weighted by molar-refractivity contribution is -0.133. The molecule has 1 aromatic carbocycles. The molecule has 3 aliphatic heterocycles. The second-order valence-corrected chi connectivity index (χ2v) is 8.11. The molecule has 0 bridgehead atoms. The Bertz CT molecular complexity index is 603. The summed E-state index contributed by atoms with van der Waals surface area (Å²) in [6, 6.07) is 10.3. The average Bonchev–Trinajstić information content (AvgIpc) is 3.35. The molecule has 0 spiro atoms. The van der Waals surface area contributed by atoms with E-state index in [0.29, 0.717) is 24.9 Å². The first kappa shape index (κ1) is 18.0. The van der Waals surface area contributed by atoms with Gasteiger partial charge in [-0.2, -0.15) is 0 Å². The first-order valence-corrected chi connectivity index (χ1v) is 9.95. The molecule has 1 aromatic rings. The number of rotatable bonds is 7. The van der Waals surface area contributed by atoms with Crippen molar-refractivity contribution >= 4 is 5.91 Å². The number of hydrogen-bond acceptors (Lipinski definition) is 4. The molecule has 0 N–H and O–H groups in total. The monoisotopic (exact) mass is 358 g/mol. The number of ether oxygens (including phenoxy) is 2. The Labute approximate surface area is 156 Å². The summed E-state index contributed by atoms with van der Waals surface area (Å²) in [7, 11) is 0. The van der Waals surface area contributed by atoms with Crippen LogP contribution < -0.4 is 0 Å². The summed E-state index contributed by atoms with van der Waals surface area (Å²) in [6.07, 6.45) is 2.96. The minimum absolute atomic E-state index is 0.0269. The molecule has 0 aliphatic carbocycles. The Morgan fingerprint density at radius 3 is 2.85 bits per heavy atom. The van der Waals surface area contributed by atoms with E-state index in [1.54, 1.807) is 0 Å². The number of nitrogens with zero attached hydrogens (tertiary/aromatic N) is 2. The molecule has 3 saturated heterocycles. The number of benzene rings is 1. The van der Waals surface area contributed by atoms with Crippen molar-refractivity contribution < 1.29 is 14.3 Å². The molecule has 142 valence electrons. The third-order valence-electron chi connectivity index (χ3n) is 6.22. The third-order valence-corrected chi connectivity index (χ3v) is 6.22. The lowest BCUT2D eigenvalue weighted by Crippen LogP contribution is -2.39. The van der Waals surface area contributed by atoms with Crippen LogP contribution in [0.15, 0.2) is 30.3 Å². The molecule has 3 aliphatic rings. The smallest absolute Gasteiger partial charge is 0.223 e. The van der Waals surface area contributed by atoms with Crippen molar-refractivity contribution in [1.29, 1.82) is 0 Å². The summed E-state index contributed by atoms with van der Waals surface area (Å²) in [5.74, 6) is 0.823. The van der Waals surface area contributed by atoms with Gasteiger partial charge in [-0.25, -0.2) is 0 Å². The molecule has 5 nitrogen and oxygen atoms in total. The number of carbonyl (C=O) groups is 1. The van der Waals surface area contributed by atoms with Gasteiger partial charge in [-0.15, -0.1) is 0 Å². The first-order valence-electron chi connectivity index (χ1n) is 9.95. The van der Waals surface area contributed by atoms with E-state index in [-0.39, 0.29) is 5.41 Å². The van der Waals surface area contributed by atoms with Crippen molar-refractivity contribution in [3.05, 3.63) is 35.9 Å². The number of carbonyl (C=O) groups excluding carboxylic acids is 1. The summed E-state index contributed by atoms with van der Waals surface area (Å²) < 4.78 is 11.6. The van der Waals surface area contributed by atoms with Crippen LogP contribution in [0.4, 0.5) is 0 Å². The van der Waals surface area contributed by atoms with Gasteiger partial charge in [-0.3, -0.25) is 9.69 Å². The minimum Gasteiger partial charge on any atom is -0.380 e. The summed E-state index contributed by atoms with van der Waals surface area (Å²) in [4.78, 5) is 17.2. The molecule has 0 radical (unpaired) electrons. The highest BCUT2D eigenvalue weighted by atomic mass is 16.5. The van der Waals surface area contributed by atoms with Gasteiger partial charge >= 0.3 is 0 Å². The zero-order valence-electron chi connectivity index (χ0n) is 15.6.